The summed E-state index contributed by atoms with van der Waals surface area (Å²) in [6.45, 7) is 4.18. The van der Waals surface area contributed by atoms with Crippen molar-refractivity contribution in [2.75, 3.05) is 11.9 Å². The van der Waals surface area contributed by atoms with Crippen molar-refractivity contribution in [3.8, 4) is 11.5 Å². The fourth-order valence-electron chi connectivity index (χ4n) is 2.88. The van der Waals surface area contributed by atoms with E-state index < -0.39 is 11.9 Å². The molecule has 1 aromatic heterocycles. The van der Waals surface area contributed by atoms with Gasteiger partial charge in [-0.05, 0) is 25.5 Å². The number of rotatable bonds is 10. The number of aromatic hydroxyl groups is 2. The molecule has 1 heterocycles. The van der Waals surface area contributed by atoms with E-state index in [1.807, 2.05) is 0 Å². The van der Waals surface area contributed by atoms with E-state index in [1.165, 1.54) is 18.5 Å². The Morgan fingerprint density at radius 1 is 1.14 bits per heavy atom. The van der Waals surface area contributed by atoms with Crippen molar-refractivity contribution in [2.45, 2.75) is 52.0 Å². The number of unbranched alkanes of at least 4 members (excludes halogenated alkanes) is 3. The summed E-state index contributed by atoms with van der Waals surface area (Å²) in [5.41, 5.74) is 0.0913. The molecule has 0 aliphatic heterocycles. The summed E-state index contributed by atoms with van der Waals surface area (Å²) in [5.74, 6) is -1.04. The molecule has 0 aliphatic rings. The van der Waals surface area contributed by atoms with E-state index in [2.05, 4.69) is 17.2 Å². The van der Waals surface area contributed by atoms with Crippen LogP contribution in [-0.4, -0.2) is 38.2 Å². The first kappa shape index (κ1) is 21.3. The van der Waals surface area contributed by atoms with Crippen LogP contribution in [-0.2, 0) is 9.53 Å². The summed E-state index contributed by atoms with van der Waals surface area (Å²) in [5, 5.41) is 21.6. The van der Waals surface area contributed by atoms with Crippen molar-refractivity contribution in [3.05, 3.63) is 36.3 Å². The first-order valence-electron chi connectivity index (χ1n) is 9.49. The van der Waals surface area contributed by atoms with Crippen molar-refractivity contribution in [1.82, 2.24) is 9.55 Å². The summed E-state index contributed by atoms with van der Waals surface area (Å²) in [7, 11) is 0. The van der Waals surface area contributed by atoms with Crippen LogP contribution in [0.2, 0.25) is 0 Å². The number of carbonyl (C=O) groups excluding carboxylic acids is 2. The number of anilines is 1. The van der Waals surface area contributed by atoms with Crippen molar-refractivity contribution < 1.29 is 24.5 Å². The molecule has 1 amide bonds. The van der Waals surface area contributed by atoms with Crippen LogP contribution < -0.4 is 5.32 Å². The van der Waals surface area contributed by atoms with Gasteiger partial charge < -0.3 is 24.8 Å². The number of phenols is 2. The van der Waals surface area contributed by atoms with Gasteiger partial charge in [-0.25, -0.2) is 9.78 Å². The van der Waals surface area contributed by atoms with E-state index in [-0.39, 0.29) is 28.8 Å². The Bertz CT molecular complexity index is 783. The van der Waals surface area contributed by atoms with Gasteiger partial charge in [0.2, 0.25) is 0 Å². The number of ether oxygens (including phenoxy) is 1. The minimum absolute atomic E-state index is 0.0913. The minimum atomic E-state index is -0.535. The zero-order valence-electron chi connectivity index (χ0n) is 16.2. The third-order valence-corrected chi connectivity index (χ3v) is 4.26. The minimum Gasteiger partial charge on any atom is -0.508 e. The van der Waals surface area contributed by atoms with Gasteiger partial charge in [0, 0.05) is 17.8 Å². The summed E-state index contributed by atoms with van der Waals surface area (Å²) in [6, 6.07) is 3.11. The van der Waals surface area contributed by atoms with Crippen LogP contribution in [0.4, 0.5) is 5.82 Å². The summed E-state index contributed by atoms with van der Waals surface area (Å²) >= 11 is 0. The molecular formula is C20H27N3O5. The molecule has 1 aromatic carbocycles. The van der Waals surface area contributed by atoms with E-state index >= 15 is 0 Å². The number of benzene rings is 1. The Balaban J connectivity index is 2.09. The second kappa shape index (κ2) is 10.3. The number of amides is 1. The highest BCUT2D eigenvalue weighted by molar-refractivity contribution is 6.04. The van der Waals surface area contributed by atoms with Crippen molar-refractivity contribution >= 4 is 17.7 Å². The SMILES string of the molecule is CCCCCCC(C(=O)OCC)n1cnc(NC(=O)c2cc(O)cc(O)c2)c1. The van der Waals surface area contributed by atoms with Gasteiger partial charge in [0.05, 0.1) is 12.9 Å². The zero-order chi connectivity index (χ0) is 20.5. The summed E-state index contributed by atoms with van der Waals surface area (Å²) in [4.78, 5) is 28.8. The zero-order valence-corrected chi connectivity index (χ0v) is 16.2. The molecule has 8 heteroatoms. The highest BCUT2D eigenvalue weighted by atomic mass is 16.5. The van der Waals surface area contributed by atoms with Crippen LogP contribution in [0.15, 0.2) is 30.7 Å². The van der Waals surface area contributed by atoms with Crippen LogP contribution in [0.1, 0.15) is 62.4 Å². The Labute approximate surface area is 164 Å². The highest BCUT2D eigenvalue weighted by Gasteiger charge is 2.22. The lowest BCUT2D eigenvalue weighted by Gasteiger charge is -2.16. The molecule has 0 radical (unpaired) electrons. The molecule has 2 rings (SSSR count). The number of aromatic nitrogens is 2. The van der Waals surface area contributed by atoms with E-state index in [4.69, 9.17) is 4.74 Å². The van der Waals surface area contributed by atoms with Crippen LogP contribution in [0.25, 0.3) is 0 Å². The molecule has 0 bridgehead atoms. The van der Waals surface area contributed by atoms with Gasteiger partial charge >= 0.3 is 5.97 Å². The monoisotopic (exact) mass is 389 g/mol. The van der Waals surface area contributed by atoms with Crippen LogP contribution in [0.3, 0.4) is 0 Å². The van der Waals surface area contributed by atoms with Gasteiger partial charge in [-0.2, -0.15) is 0 Å². The highest BCUT2D eigenvalue weighted by Crippen LogP contribution is 2.23. The Kier molecular flexibility index (Phi) is 7.86. The number of phenolic OH excluding ortho intramolecular Hbond substituents is 2. The van der Waals surface area contributed by atoms with Crippen molar-refractivity contribution in [3.63, 3.8) is 0 Å². The lowest BCUT2D eigenvalue weighted by Crippen LogP contribution is -2.21. The van der Waals surface area contributed by atoms with Crippen LogP contribution in [0, 0.1) is 0 Å². The molecule has 152 valence electrons. The molecule has 0 spiro atoms. The third kappa shape index (κ3) is 6.00. The molecule has 1 unspecified atom stereocenters. The number of carbonyl (C=O) groups is 2. The maximum Gasteiger partial charge on any atom is 0.329 e. The number of imidazole rings is 1. The largest absolute Gasteiger partial charge is 0.508 e. The molecule has 0 fully saturated rings. The molecule has 0 aliphatic carbocycles. The van der Waals surface area contributed by atoms with Gasteiger partial charge in [-0.15, -0.1) is 0 Å². The summed E-state index contributed by atoms with van der Waals surface area (Å²) in [6.07, 6.45) is 7.82. The van der Waals surface area contributed by atoms with Crippen molar-refractivity contribution in [2.24, 2.45) is 0 Å². The van der Waals surface area contributed by atoms with Crippen LogP contribution >= 0.6 is 0 Å². The number of hydrogen-bond donors (Lipinski definition) is 3. The molecule has 0 saturated carbocycles. The molecule has 2 aromatic rings. The van der Waals surface area contributed by atoms with Gasteiger partial charge in [0.25, 0.3) is 5.91 Å². The molecule has 8 nitrogen and oxygen atoms in total. The molecular weight excluding hydrogens is 362 g/mol. The maximum atomic E-state index is 12.3. The molecule has 1 atom stereocenters. The van der Waals surface area contributed by atoms with Gasteiger partial charge in [0.1, 0.15) is 17.5 Å². The van der Waals surface area contributed by atoms with E-state index in [9.17, 15) is 19.8 Å². The second-order valence-corrected chi connectivity index (χ2v) is 6.52. The predicted molar refractivity (Wildman–Crippen MR) is 104 cm³/mol. The standard InChI is InChI=1S/C20H27N3O5/c1-3-5-6-7-8-17(20(27)28-4-2)23-12-18(21-13-23)22-19(26)14-9-15(24)11-16(25)10-14/h9-13,17,24-25H,3-8H2,1-2H3,(H,22,26). The number of esters is 1. The van der Waals surface area contributed by atoms with Crippen LogP contribution in [0.5, 0.6) is 11.5 Å². The lowest BCUT2D eigenvalue weighted by atomic mass is 10.1. The van der Waals surface area contributed by atoms with E-state index in [0.717, 1.165) is 31.7 Å². The quantitative estimate of drug-likeness (QED) is 0.422. The summed E-state index contributed by atoms with van der Waals surface area (Å²) < 4.78 is 6.81. The predicted octanol–water partition coefficient (Wildman–Crippen LogP) is 3.62. The van der Waals surface area contributed by atoms with Gasteiger partial charge in [-0.3, -0.25) is 4.79 Å². The fraction of sp³-hybridized carbons (Fsp3) is 0.450. The third-order valence-electron chi connectivity index (χ3n) is 4.26. The Hall–Kier alpha value is -3.03. The van der Waals surface area contributed by atoms with Crippen molar-refractivity contribution in [1.29, 1.82) is 0 Å². The fourth-order valence-corrected chi connectivity index (χ4v) is 2.88. The average Bonchev–Trinajstić information content (AvgIpc) is 3.09. The molecule has 3 N–H and O–H groups in total. The lowest BCUT2D eigenvalue weighted by molar-refractivity contribution is -0.147. The van der Waals surface area contributed by atoms with Gasteiger partial charge in [-0.1, -0.05) is 32.6 Å². The number of nitrogens with one attached hydrogen (secondary N) is 1. The topological polar surface area (TPSA) is 114 Å². The second-order valence-electron chi connectivity index (χ2n) is 6.52. The molecule has 0 saturated heterocycles. The first-order valence-corrected chi connectivity index (χ1v) is 9.49. The Morgan fingerprint density at radius 2 is 1.86 bits per heavy atom. The first-order chi connectivity index (χ1) is 13.4. The maximum absolute atomic E-state index is 12.3. The number of nitrogens with zero attached hydrogens (tertiary/aromatic N) is 2. The average molecular weight is 389 g/mol. The Morgan fingerprint density at radius 3 is 2.50 bits per heavy atom. The number of hydrogen-bond acceptors (Lipinski definition) is 6. The van der Waals surface area contributed by atoms with E-state index in [0.29, 0.717) is 13.0 Å². The van der Waals surface area contributed by atoms with E-state index in [1.54, 1.807) is 17.7 Å². The normalized spacial score (nSPS) is 11.8. The molecule has 28 heavy (non-hydrogen) atoms. The smallest absolute Gasteiger partial charge is 0.329 e. The van der Waals surface area contributed by atoms with Gasteiger partial charge in [0.15, 0.2) is 5.82 Å².